The van der Waals surface area contributed by atoms with E-state index in [1.54, 1.807) is 6.92 Å². The van der Waals surface area contributed by atoms with Gasteiger partial charge in [0.15, 0.2) is 11.6 Å². The van der Waals surface area contributed by atoms with Crippen molar-refractivity contribution in [1.29, 1.82) is 0 Å². The van der Waals surface area contributed by atoms with Crippen molar-refractivity contribution in [3.05, 3.63) is 29.3 Å². The molecule has 1 aromatic carbocycles. The van der Waals surface area contributed by atoms with Crippen LogP contribution < -0.4 is 4.74 Å². The molecule has 0 bridgehead atoms. The molecular formula is C10H14F2O. The smallest absolute Gasteiger partial charge is 0.200 e. The van der Waals surface area contributed by atoms with Gasteiger partial charge in [0.2, 0.25) is 5.82 Å². The fourth-order valence-corrected chi connectivity index (χ4v) is 0.879. The van der Waals surface area contributed by atoms with Crippen LogP contribution in [0.3, 0.4) is 0 Å². The van der Waals surface area contributed by atoms with Crippen molar-refractivity contribution in [3.63, 3.8) is 0 Å². The van der Waals surface area contributed by atoms with E-state index >= 15 is 0 Å². The summed E-state index contributed by atoms with van der Waals surface area (Å²) in [6.07, 6.45) is 0. The quantitative estimate of drug-likeness (QED) is 0.657. The van der Waals surface area contributed by atoms with Crippen LogP contribution in [0.5, 0.6) is 5.75 Å². The Hall–Kier alpha value is -1.12. The third-order valence-corrected chi connectivity index (χ3v) is 1.45. The molecule has 0 saturated heterocycles. The SMILES string of the molecule is CC.COc1c(C)ccc(F)c1F. The van der Waals surface area contributed by atoms with Crippen molar-refractivity contribution in [1.82, 2.24) is 0 Å². The fraction of sp³-hybridized carbons (Fsp3) is 0.400. The molecule has 3 heteroatoms. The molecule has 0 spiro atoms. The van der Waals surface area contributed by atoms with Crippen molar-refractivity contribution in [2.24, 2.45) is 0 Å². The lowest BCUT2D eigenvalue weighted by molar-refractivity contribution is 0.369. The summed E-state index contributed by atoms with van der Waals surface area (Å²) >= 11 is 0. The molecule has 0 fully saturated rings. The van der Waals surface area contributed by atoms with Crippen molar-refractivity contribution < 1.29 is 13.5 Å². The standard InChI is InChI=1S/C8H8F2O.C2H6/c1-5-3-4-6(9)7(10)8(5)11-2;1-2/h3-4H,1-2H3;1-2H3. The Kier molecular flexibility index (Phi) is 5.04. The Morgan fingerprint density at radius 3 is 2.08 bits per heavy atom. The number of halogens is 2. The van der Waals surface area contributed by atoms with E-state index in [4.69, 9.17) is 0 Å². The van der Waals surface area contributed by atoms with Crippen molar-refractivity contribution in [2.75, 3.05) is 7.11 Å². The Labute approximate surface area is 77.3 Å². The zero-order chi connectivity index (χ0) is 10.4. The molecule has 74 valence electrons. The molecule has 0 amide bonds. The normalized spacial score (nSPS) is 8.77. The summed E-state index contributed by atoms with van der Waals surface area (Å²) in [7, 11) is 1.31. The van der Waals surface area contributed by atoms with E-state index in [1.165, 1.54) is 13.2 Å². The average molecular weight is 188 g/mol. The molecule has 0 atom stereocenters. The van der Waals surface area contributed by atoms with Crippen LogP contribution in [0.4, 0.5) is 8.78 Å². The molecule has 0 heterocycles. The maximum atomic E-state index is 12.8. The first-order valence-corrected chi connectivity index (χ1v) is 4.15. The summed E-state index contributed by atoms with van der Waals surface area (Å²) in [5, 5.41) is 0. The van der Waals surface area contributed by atoms with Gasteiger partial charge in [-0.05, 0) is 18.6 Å². The molecule has 0 unspecified atom stereocenters. The second kappa shape index (κ2) is 5.51. The Balaban J connectivity index is 0.000000671. The maximum absolute atomic E-state index is 12.8. The van der Waals surface area contributed by atoms with Crippen molar-refractivity contribution >= 4 is 0 Å². The highest BCUT2D eigenvalue weighted by Gasteiger charge is 2.10. The second-order valence-corrected chi connectivity index (χ2v) is 2.21. The second-order valence-electron chi connectivity index (χ2n) is 2.21. The summed E-state index contributed by atoms with van der Waals surface area (Å²) in [5.41, 5.74) is 0.589. The number of methoxy groups -OCH3 is 1. The predicted octanol–water partition coefficient (Wildman–Crippen LogP) is 3.31. The Bertz CT molecular complexity index is 272. The topological polar surface area (TPSA) is 9.23 Å². The minimum Gasteiger partial charge on any atom is -0.493 e. The number of benzene rings is 1. The van der Waals surface area contributed by atoms with E-state index in [2.05, 4.69) is 4.74 Å². The molecular weight excluding hydrogens is 174 g/mol. The number of hydrogen-bond acceptors (Lipinski definition) is 1. The third kappa shape index (κ3) is 2.68. The minimum absolute atomic E-state index is 0.0231. The number of ether oxygens (including phenoxy) is 1. The molecule has 0 aliphatic heterocycles. The van der Waals surface area contributed by atoms with Crippen LogP contribution in [0.15, 0.2) is 12.1 Å². The van der Waals surface area contributed by atoms with Crippen molar-refractivity contribution in [2.45, 2.75) is 20.8 Å². The van der Waals surface area contributed by atoms with Gasteiger partial charge in [0, 0.05) is 0 Å². The van der Waals surface area contributed by atoms with Crippen LogP contribution in [0.2, 0.25) is 0 Å². The Morgan fingerprint density at radius 1 is 1.15 bits per heavy atom. The minimum atomic E-state index is -0.924. The highest BCUT2D eigenvalue weighted by Crippen LogP contribution is 2.23. The molecule has 13 heavy (non-hydrogen) atoms. The lowest BCUT2D eigenvalue weighted by atomic mass is 10.2. The zero-order valence-electron chi connectivity index (χ0n) is 8.32. The third-order valence-electron chi connectivity index (χ3n) is 1.45. The van der Waals surface area contributed by atoms with Gasteiger partial charge in [-0.1, -0.05) is 19.9 Å². The van der Waals surface area contributed by atoms with Crippen LogP contribution >= 0.6 is 0 Å². The first kappa shape index (κ1) is 11.9. The van der Waals surface area contributed by atoms with E-state index in [9.17, 15) is 8.78 Å². The first-order chi connectivity index (χ1) is 6.16. The Morgan fingerprint density at radius 2 is 1.69 bits per heavy atom. The van der Waals surface area contributed by atoms with E-state index in [-0.39, 0.29) is 5.75 Å². The van der Waals surface area contributed by atoms with Crippen LogP contribution in [0.1, 0.15) is 19.4 Å². The summed E-state index contributed by atoms with van der Waals surface area (Å²) in [6.45, 7) is 5.65. The fourth-order valence-electron chi connectivity index (χ4n) is 0.879. The maximum Gasteiger partial charge on any atom is 0.200 e. The van der Waals surface area contributed by atoms with Gasteiger partial charge >= 0.3 is 0 Å². The molecule has 0 aliphatic rings. The molecule has 1 nitrogen and oxygen atoms in total. The van der Waals surface area contributed by atoms with E-state index in [0.717, 1.165) is 6.07 Å². The van der Waals surface area contributed by atoms with Gasteiger partial charge in [0.1, 0.15) is 0 Å². The van der Waals surface area contributed by atoms with Crippen LogP contribution in [-0.2, 0) is 0 Å². The number of hydrogen-bond donors (Lipinski definition) is 0. The van der Waals surface area contributed by atoms with Crippen LogP contribution in [-0.4, -0.2) is 7.11 Å². The lowest BCUT2D eigenvalue weighted by Crippen LogP contribution is -1.94. The molecule has 1 aromatic rings. The molecule has 0 saturated carbocycles. The predicted molar refractivity (Wildman–Crippen MR) is 49.0 cm³/mol. The summed E-state index contributed by atoms with van der Waals surface area (Å²) in [4.78, 5) is 0. The van der Waals surface area contributed by atoms with Gasteiger partial charge in [-0.2, -0.15) is 4.39 Å². The van der Waals surface area contributed by atoms with Gasteiger partial charge in [0.05, 0.1) is 7.11 Å². The molecule has 0 radical (unpaired) electrons. The summed E-state index contributed by atoms with van der Waals surface area (Å²) < 4.78 is 29.9. The monoisotopic (exact) mass is 188 g/mol. The van der Waals surface area contributed by atoms with Gasteiger partial charge in [-0.3, -0.25) is 0 Å². The van der Waals surface area contributed by atoms with E-state index in [1.807, 2.05) is 13.8 Å². The van der Waals surface area contributed by atoms with E-state index in [0.29, 0.717) is 5.56 Å². The highest BCUT2D eigenvalue weighted by atomic mass is 19.2. The molecule has 1 rings (SSSR count). The summed E-state index contributed by atoms with van der Waals surface area (Å²) in [5.74, 6) is -1.83. The number of aryl methyl sites for hydroxylation is 1. The highest BCUT2D eigenvalue weighted by molar-refractivity contribution is 5.34. The van der Waals surface area contributed by atoms with Crippen LogP contribution in [0.25, 0.3) is 0 Å². The van der Waals surface area contributed by atoms with Crippen LogP contribution in [0, 0.1) is 18.6 Å². The average Bonchev–Trinajstić information content (AvgIpc) is 2.16. The van der Waals surface area contributed by atoms with Crippen molar-refractivity contribution in [3.8, 4) is 5.75 Å². The summed E-state index contributed by atoms with van der Waals surface area (Å²) in [6, 6.07) is 2.55. The van der Waals surface area contributed by atoms with Gasteiger partial charge in [0.25, 0.3) is 0 Å². The van der Waals surface area contributed by atoms with Gasteiger partial charge in [-0.25, -0.2) is 4.39 Å². The zero-order valence-corrected chi connectivity index (χ0v) is 8.32. The molecule has 0 aliphatic carbocycles. The van der Waals surface area contributed by atoms with Gasteiger partial charge in [-0.15, -0.1) is 0 Å². The molecule has 0 N–H and O–H groups in total. The largest absolute Gasteiger partial charge is 0.493 e. The number of rotatable bonds is 1. The van der Waals surface area contributed by atoms with E-state index < -0.39 is 11.6 Å². The van der Waals surface area contributed by atoms with Gasteiger partial charge < -0.3 is 4.74 Å². The lowest BCUT2D eigenvalue weighted by Gasteiger charge is -2.04. The first-order valence-electron chi connectivity index (χ1n) is 4.15. The molecule has 0 aromatic heterocycles.